The third kappa shape index (κ3) is 3.23. The van der Waals surface area contributed by atoms with Crippen LogP contribution in [0.5, 0.6) is 11.5 Å². The van der Waals surface area contributed by atoms with E-state index in [2.05, 4.69) is 4.98 Å². The second-order valence-corrected chi connectivity index (χ2v) is 4.78. The molecule has 0 bridgehead atoms. The predicted octanol–water partition coefficient (Wildman–Crippen LogP) is 2.74. The minimum absolute atomic E-state index is 0.0765. The SMILES string of the molecule is COc1ccc(OCc2nc(C)cs2)c(C(=O)O)c1. The van der Waals surface area contributed by atoms with E-state index in [9.17, 15) is 4.79 Å². The number of methoxy groups -OCH3 is 1. The van der Waals surface area contributed by atoms with Crippen LogP contribution in [0.2, 0.25) is 0 Å². The summed E-state index contributed by atoms with van der Waals surface area (Å²) in [7, 11) is 1.49. The van der Waals surface area contributed by atoms with Crippen LogP contribution >= 0.6 is 11.3 Å². The summed E-state index contributed by atoms with van der Waals surface area (Å²) in [5.41, 5.74) is 1.00. The van der Waals surface area contributed by atoms with E-state index in [1.54, 1.807) is 12.1 Å². The van der Waals surface area contributed by atoms with E-state index in [1.807, 2.05) is 12.3 Å². The fourth-order valence-corrected chi connectivity index (χ4v) is 2.22. The molecule has 100 valence electrons. The number of aromatic carboxylic acids is 1. The van der Waals surface area contributed by atoms with Gasteiger partial charge in [-0.15, -0.1) is 11.3 Å². The van der Waals surface area contributed by atoms with Gasteiger partial charge in [-0.25, -0.2) is 9.78 Å². The van der Waals surface area contributed by atoms with Gasteiger partial charge in [0, 0.05) is 11.1 Å². The molecule has 0 amide bonds. The van der Waals surface area contributed by atoms with Crippen molar-refractivity contribution < 1.29 is 19.4 Å². The van der Waals surface area contributed by atoms with E-state index in [-0.39, 0.29) is 12.2 Å². The van der Waals surface area contributed by atoms with Crippen LogP contribution in [0.15, 0.2) is 23.6 Å². The van der Waals surface area contributed by atoms with Crippen molar-refractivity contribution in [3.63, 3.8) is 0 Å². The fourth-order valence-electron chi connectivity index (χ4n) is 1.54. The Labute approximate surface area is 114 Å². The quantitative estimate of drug-likeness (QED) is 0.911. The Bertz CT molecular complexity index is 594. The number of carboxylic acids is 1. The molecule has 1 aromatic carbocycles. The molecule has 0 spiro atoms. The lowest BCUT2D eigenvalue weighted by Crippen LogP contribution is -2.03. The normalized spacial score (nSPS) is 10.2. The van der Waals surface area contributed by atoms with Crippen molar-refractivity contribution in [3.05, 3.63) is 39.8 Å². The van der Waals surface area contributed by atoms with Crippen molar-refractivity contribution in [2.75, 3.05) is 7.11 Å². The van der Waals surface area contributed by atoms with E-state index in [0.29, 0.717) is 11.5 Å². The van der Waals surface area contributed by atoms with Crippen LogP contribution in [0.3, 0.4) is 0 Å². The smallest absolute Gasteiger partial charge is 0.339 e. The Balaban J connectivity index is 2.17. The second-order valence-electron chi connectivity index (χ2n) is 3.84. The van der Waals surface area contributed by atoms with Gasteiger partial charge < -0.3 is 14.6 Å². The number of hydrogen-bond donors (Lipinski definition) is 1. The fraction of sp³-hybridized carbons (Fsp3) is 0.231. The molecule has 5 nitrogen and oxygen atoms in total. The number of rotatable bonds is 5. The molecule has 0 saturated carbocycles. The molecule has 1 N–H and O–H groups in total. The third-order valence-corrected chi connectivity index (χ3v) is 3.38. The Morgan fingerprint density at radius 2 is 2.26 bits per heavy atom. The number of hydrogen-bond acceptors (Lipinski definition) is 5. The highest BCUT2D eigenvalue weighted by Crippen LogP contribution is 2.25. The monoisotopic (exact) mass is 279 g/mol. The van der Waals surface area contributed by atoms with E-state index >= 15 is 0 Å². The number of benzene rings is 1. The molecule has 0 aliphatic heterocycles. The molecule has 0 atom stereocenters. The first-order valence-corrected chi connectivity index (χ1v) is 6.43. The molecular weight excluding hydrogens is 266 g/mol. The highest BCUT2D eigenvalue weighted by atomic mass is 32.1. The average Bonchev–Trinajstić information content (AvgIpc) is 2.82. The minimum Gasteiger partial charge on any atom is -0.497 e. The van der Waals surface area contributed by atoms with E-state index in [1.165, 1.54) is 24.5 Å². The Morgan fingerprint density at radius 3 is 2.84 bits per heavy atom. The van der Waals surface area contributed by atoms with Gasteiger partial charge in [-0.3, -0.25) is 0 Å². The first-order chi connectivity index (χ1) is 9.10. The van der Waals surface area contributed by atoms with Gasteiger partial charge in [-0.05, 0) is 25.1 Å². The van der Waals surface area contributed by atoms with Gasteiger partial charge in [-0.1, -0.05) is 0 Å². The van der Waals surface area contributed by atoms with Gasteiger partial charge in [0.25, 0.3) is 0 Å². The topological polar surface area (TPSA) is 68.7 Å². The van der Waals surface area contributed by atoms with Crippen LogP contribution in [0, 0.1) is 6.92 Å². The summed E-state index contributed by atoms with van der Waals surface area (Å²) in [6, 6.07) is 4.68. The molecule has 1 heterocycles. The number of carbonyl (C=O) groups is 1. The van der Waals surface area contributed by atoms with Crippen LogP contribution in [0.4, 0.5) is 0 Å². The van der Waals surface area contributed by atoms with Crippen LogP contribution in [-0.2, 0) is 6.61 Å². The lowest BCUT2D eigenvalue weighted by molar-refractivity contribution is 0.0691. The van der Waals surface area contributed by atoms with Gasteiger partial charge in [0.1, 0.15) is 28.7 Å². The molecule has 6 heteroatoms. The largest absolute Gasteiger partial charge is 0.497 e. The molecule has 0 aliphatic rings. The lowest BCUT2D eigenvalue weighted by atomic mass is 10.2. The van der Waals surface area contributed by atoms with Crippen molar-refractivity contribution in [1.82, 2.24) is 4.98 Å². The van der Waals surface area contributed by atoms with Gasteiger partial charge in [0.05, 0.1) is 7.11 Å². The maximum atomic E-state index is 11.2. The van der Waals surface area contributed by atoms with Crippen molar-refractivity contribution in [2.24, 2.45) is 0 Å². The Kier molecular flexibility index (Phi) is 4.01. The third-order valence-electron chi connectivity index (χ3n) is 2.43. The van der Waals surface area contributed by atoms with Crippen molar-refractivity contribution in [2.45, 2.75) is 13.5 Å². The van der Waals surface area contributed by atoms with Crippen molar-refractivity contribution >= 4 is 17.3 Å². The number of nitrogens with zero attached hydrogens (tertiary/aromatic N) is 1. The van der Waals surface area contributed by atoms with Crippen molar-refractivity contribution in [3.8, 4) is 11.5 Å². The van der Waals surface area contributed by atoms with Crippen LogP contribution in [0.25, 0.3) is 0 Å². The van der Waals surface area contributed by atoms with Crippen molar-refractivity contribution in [1.29, 1.82) is 0 Å². The Morgan fingerprint density at radius 1 is 1.47 bits per heavy atom. The molecule has 0 radical (unpaired) electrons. The summed E-state index contributed by atoms with van der Waals surface area (Å²) in [6.45, 7) is 2.15. The van der Waals surface area contributed by atoms with E-state index in [4.69, 9.17) is 14.6 Å². The zero-order valence-electron chi connectivity index (χ0n) is 10.5. The summed E-state index contributed by atoms with van der Waals surface area (Å²) in [5, 5.41) is 11.9. The molecular formula is C13H13NO4S. The van der Waals surface area contributed by atoms with Gasteiger partial charge >= 0.3 is 5.97 Å². The number of ether oxygens (including phenoxy) is 2. The Hall–Kier alpha value is -2.08. The first-order valence-electron chi connectivity index (χ1n) is 5.55. The van der Waals surface area contributed by atoms with Crippen LogP contribution in [0.1, 0.15) is 21.1 Å². The standard InChI is InChI=1S/C13H13NO4S/c1-8-7-19-12(14-8)6-18-11-4-3-9(17-2)5-10(11)13(15)16/h3-5,7H,6H2,1-2H3,(H,15,16). The molecule has 0 unspecified atom stereocenters. The zero-order chi connectivity index (χ0) is 13.8. The number of aryl methyl sites for hydroxylation is 1. The van der Waals surface area contributed by atoms with Gasteiger partial charge in [0.15, 0.2) is 0 Å². The molecule has 2 aromatic rings. The van der Waals surface area contributed by atoms with Crippen LogP contribution < -0.4 is 9.47 Å². The van der Waals surface area contributed by atoms with E-state index < -0.39 is 5.97 Å². The highest BCUT2D eigenvalue weighted by Gasteiger charge is 2.13. The average molecular weight is 279 g/mol. The maximum Gasteiger partial charge on any atom is 0.339 e. The number of carboxylic acid groups (broad SMARTS) is 1. The van der Waals surface area contributed by atoms with Crippen LogP contribution in [-0.4, -0.2) is 23.2 Å². The molecule has 2 rings (SSSR count). The first kappa shape index (κ1) is 13.4. The maximum absolute atomic E-state index is 11.2. The summed E-state index contributed by atoms with van der Waals surface area (Å²) < 4.78 is 10.5. The highest BCUT2D eigenvalue weighted by molar-refractivity contribution is 7.09. The summed E-state index contributed by atoms with van der Waals surface area (Å²) in [5.74, 6) is -0.264. The molecule has 0 saturated heterocycles. The zero-order valence-corrected chi connectivity index (χ0v) is 11.4. The lowest BCUT2D eigenvalue weighted by Gasteiger charge is -2.09. The van der Waals surface area contributed by atoms with Gasteiger partial charge in [-0.2, -0.15) is 0 Å². The summed E-state index contributed by atoms with van der Waals surface area (Å²) in [4.78, 5) is 15.4. The molecule has 1 aromatic heterocycles. The molecule has 0 fully saturated rings. The number of thiazole rings is 1. The predicted molar refractivity (Wildman–Crippen MR) is 71.1 cm³/mol. The van der Waals surface area contributed by atoms with E-state index in [0.717, 1.165) is 10.7 Å². The van der Waals surface area contributed by atoms with Gasteiger partial charge in [0.2, 0.25) is 0 Å². The molecule has 0 aliphatic carbocycles. The summed E-state index contributed by atoms with van der Waals surface area (Å²) >= 11 is 1.48. The minimum atomic E-state index is -1.05. The molecule has 19 heavy (non-hydrogen) atoms. The second kappa shape index (κ2) is 5.71. The number of aromatic nitrogens is 1. The summed E-state index contributed by atoms with van der Waals surface area (Å²) in [6.07, 6.45) is 0.